The van der Waals surface area contributed by atoms with E-state index in [9.17, 15) is 35.9 Å². The van der Waals surface area contributed by atoms with E-state index in [1.54, 1.807) is 20.8 Å². The van der Waals surface area contributed by atoms with Gasteiger partial charge in [0.15, 0.2) is 5.82 Å². The van der Waals surface area contributed by atoms with Gasteiger partial charge in [-0.1, -0.05) is 23.7 Å². The van der Waals surface area contributed by atoms with Gasteiger partial charge in [0, 0.05) is 30.6 Å². The molecule has 260 valence electrons. The monoisotopic (exact) mass is 702 g/mol. The van der Waals surface area contributed by atoms with Gasteiger partial charge in [-0.2, -0.15) is 26.3 Å². The number of alkyl halides is 6. The Balaban J connectivity index is 1.52. The second-order valence-corrected chi connectivity index (χ2v) is 13.1. The molecule has 3 heterocycles. The van der Waals surface area contributed by atoms with Gasteiger partial charge < -0.3 is 19.1 Å². The van der Waals surface area contributed by atoms with Crippen molar-refractivity contribution in [2.24, 2.45) is 5.92 Å². The second kappa shape index (κ2) is 13.2. The van der Waals surface area contributed by atoms with Crippen LogP contribution in [0.5, 0.6) is 5.75 Å². The smallest absolute Gasteiger partial charge is 0.452 e. The molecule has 0 N–H and O–H groups in total. The van der Waals surface area contributed by atoms with Gasteiger partial charge in [0.05, 0.1) is 29.8 Å². The molecule has 1 amide bonds. The number of esters is 1. The molecule has 5 rings (SSSR count). The van der Waals surface area contributed by atoms with E-state index in [2.05, 4.69) is 10.2 Å². The standard InChI is InChI=1S/C32H33ClF6N4O5/c1-30(2,3)48-25(45)14-17-10-12-42(13-11-17)24(44)16-23-28-40-41-29(32(37,38)39)43(28)21-9-8-18(31(34,35)36)15-20(21)27(47-23)19-6-5-7-22(46-4)26(19)33/h5-9,15,17,23,27H,10-14,16H2,1-4H3/t23-,27-/m1/s1. The molecule has 0 unspecified atom stereocenters. The third kappa shape index (κ3) is 7.56. The fourth-order valence-electron chi connectivity index (χ4n) is 5.93. The van der Waals surface area contributed by atoms with Crippen LogP contribution in [0.15, 0.2) is 36.4 Å². The number of benzene rings is 2. The summed E-state index contributed by atoms with van der Waals surface area (Å²) in [5.41, 5.74) is -2.30. The van der Waals surface area contributed by atoms with Crippen LogP contribution >= 0.6 is 11.6 Å². The number of hydrogen-bond acceptors (Lipinski definition) is 7. The first kappa shape index (κ1) is 35.5. The number of amides is 1. The van der Waals surface area contributed by atoms with Crippen LogP contribution in [0.3, 0.4) is 0 Å². The zero-order valence-electron chi connectivity index (χ0n) is 26.4. The van der Waals surface area contributed by atoms with Crippen LogP contribution in [0.2, 0.25) is 5.02 Å². The lowest BCUT2D eigenvalue weighted by Gasteiger charge is -2.33. The van der Waals surface area contributed by atoms with Gasteiger partial charge in [-0.15, -0.1) is 10.2 Å². The number of ether oxygens (including phenoxy) is 3. The topological polar surface area (TPSA) is 95.8 Å². The maximum absolute atomic E-state index is 14.3. The molecule has 16 heteroatoms. The van der Waals surface area contributed by atoms with E-state index in [1.807, 2.05) is 0 Å². The van der Waals surface area contributed by atoms with E-state index < -0.39 is 59.7 Å². The van der Waals surface area contributed by atoms with Gasteiger partial charge in [-0.05, 0) is 63.8 Å². The molecular weight excluding hydrogens is 670 g/mol. The van der Waals surface area contributed by atoms with Gasteiger partial charge in [0.2, 0.25) is 11.7 Å². The first-order chi connectivity index (χ1) is 22.4. The molecule has 0 spiro atoms. The Morgan fingerprint density at radius 3 is 2.25 bits per heavy atom. The van der Waals surface area contributed by atoms with Crippen molar-refractivity contribution in [1.29, 1.82) is 0 Å². The van der Waals surface area contributed by atoms with Gasteiger partial charge >= 0.3 is 18.3 Å². The van der Waals surface area contributed by atoms with Crippen LogP contribution in [-0.4, -0.2) is 57.3 Å². The molecule has 1 saturated heterocycles. The lowest BCUT2D eigenvalue weighted by atomic mass is 9.93. The Hall–Kier alpha value is -3.85. The summed E-state index contributed by atoms with van der Waals surface area (Å²) in [6.07, 6.45) is -12.3. The molecule has 48 heavy (non-hydrogen) atoms. The van der Waals surface area contributed by atoms with Crippen molar-refractivity contribution in [3.05, 3.63) is 69.8 Å². The van der Waals surface area contributed by atoms with E-state index in [0.717, 1.165) is 6.07 Å². The number of carbonyl (C=O) groups excluding carboxylic acids is 2. The zero-order chi connectivity index (χ0) is 35.2. The maximum atomic E-state index is 14.3. The summed E-state index contributed by atoms with van der Waals surface area (Å²) in [7, 11) is 1.32. The van der Waals surface area contributed by atoms with Crippen molar-refractivity contribution in [2.75, 3.05) is 20.2 Å². The lowest BCUT2D eigenvalue weighted by Crippen LogP contribution is -2.40. The highest BCUT2D eigenvalue weighted by atomic mass is 35.5. The Bertz CT molecular complexity index is 1680. The number of carbonyl (C=O) groups is 2. The Labute approximate surface area is 277 Å². The predicted molar refractivity (Wildman–Crippen MR) is 159 cm³/mol. The number of piperidine rings is 1. The number of methoxy groups -OCH3 is 1. The van der Waals surface area contributed by atoms with Crippen molar-refractivity contribution in [2.45, 2.75) is 76.6 Å². The van der Waals surface area contributed by atoms with Gasteiger partial charge in [-0.3, -0.25) is 14.2 Å². The van der Waals surface area contributed by atoms with Crippen LogP contribution in [0.25, 0.3) is 5.69 Å². The quantitative estimate of drug-likeness (QED) is 0.194. The number of hydrogen-bond donors (Lipinski definition) is 0. The predicted octanol–water partition coefficient (Wildman–Crippen LogP) is 7.49. The summed E-state index contributed by atoms with van der Waals surface area (Å²) in [6.45, 7) is 5.82. The largest absolute Gasteiger partial charge is 0.495 e. The lowest BCUT2D eigenvalue weighted by molar-refractivity contribution is -0.156. The summed E-state index contributed by atoms with van der Waals surface area (Å²) >= 11 is 6.59. The third-order valence-electron chi connectivity index (χ3n) is 8.11. The van der Waals surface area contributed by atoms with Crippen molar-refractivity contribution in [3.8, 4) is 11.4 Å². The molecule has 2 atom stereocenters. The number of rotatable bonds is 6. The number of aromatic nitrogens is 3. The van der Waals surface area contributed by atoms with E-state index in [-0.39, 0.29) is 59.0 Å². The molecule has 1 fully saturated rings. The number of halogens is 7. The Morgan fingerprint density at radius 1 is 0.958 bits per heavy atom. The summed E-state index contributed by atoms with van der Waals surface area (Å²) in [5, 5.41) is 7.04. The molecule has 1 aromatic heterocycles. The van der Waals surface area contributed by atoms with E-state index in [1.165, 1.54) is 30.2 Å². The summed E-state index contributed by atoms with van der Waals surface area (Å²) < 4.78 is 102. The molecule has 0 aliphatic carbocycles. The van der Waals surface area contributed by atoms with Crippen molar-refractivity contribution >= 4 is 23.5 Å². The Kier molecular flexibility index (Phi) is 9.77. The number of nitrogens with zero attached hydrogens (tertiary/aromatic N) is 4. The molecule has 9 nitrogen and oxygen atoms in total. The van der Waals surface area contributed by atoms with Crippen molar-refractivity contribution < 1.29 is 50.1 Å². The minimum absolute atomic E-state index is 0.0348. The van der Waals surface area contributed by atoms with Crippen molar-refractivity contribution in [1.82, 2.24) is 19.7 Å². The fourth-order valence-corrected chi connectivity index (χ4v) is 6.23. The highest BCUT2D eigenvalue weighted by Gasteiger charge is 2.45. The summed E-state index contributed by atoms with van der Waals surface area (Å²) in [4.78, 5) is 27.5. The molecule has 0 bridgehead atoms. The van der Waals surface area contributed by atoms with E-state index >= 15 is 0 Å². The molecule has 2 aliphatic heterocycles. The first-order valence-electron chi connectivity index (χ1n) is 15.1. The number of fused-ring (bicyclic) bond motifs is 3. The molecular formula is C32H33ClF6N4O5. The van der Waals surface area contributed by atoms with Crippen molar-refractivity contribution in [3.63, 3.8) is 0 Å². The minimum Gasteiger partial charge on any atom is -0.495 e. The van der Waals surface area contributed by atoms with Crippen LogP contribution in [0.1, 0.15) is 87.0 Å². The fraction of sp³-hybridized carbons (Fsp3) is 0.500. The Morgan fingerprint density at radius 2 is 1.65 bits per heavy atom. The van der Waals surface area contributed by atoms with E-state index in [0.29, 0.717) is 29.5 Å². The highest BCUT2D eigenvalue weighted by Crippen LogP contribution is 2.47. The number of likely N-dealkylation sites (tertiary alicyclic amines) is 1. The zero-order valence-corrected chi connectivity index (χ0v) is 27.2. The molecule has 0 saturated carbocycles. The maximum Gasteiger partial charge on any atom is 0.452 e. The van der Waals surface area contributed by atoms with Gasteiger partial charge in [0.25, 0.3) is 0 Å². The second-order valence-electron chi connectivity index (χ2n) is 12.7. The highest BCUT2D eigenvalue weighted by molar-refractivity contribution is 6.32. The summed E-state index contributed by atoms with van der Waals surface area (Å²) in [6, 6.07) is 6.69. The van der Waals surface area contributed by atoms with E-state index in [4.69, 9.17) is 25.8 Å². The first-order valence-corrected chi connectivity index (χ1v) is 15.5. The van der Waals surface area contributed by atoms with Crippen LogP contribution < -0.4 is 4.74 Å². The normalized spacial score (nSPS) is 18.9. The van der Waals surface area contributed by atoms with Crippen LogP contribution in [0.4, 0.5) is 26.3 Å². The average molecular weight is 703 g/mol. The molecule has 3 aromatic rings. The SMILES string of the molecule is COc1cccc([C@H]2O[C@H](CC(=O)N3CCC(CC(=O)OC(C)(C)C)CC3)c3nnc(C(F)(F)F)n3-c3ccc(C(F)(F)F)cc32)c1Cl. The van der Waals surface area contributed by atoms with Gasteiger partial charge in [0.1, 0.15) is 23.6 Å². The third-order valence-corrected chi connectivity index (χ3v) is 8.51. The molecule has 0 radical (unpaired) electrons. The average Bonchev–Trinajstić information content (AvgIpc) is 3.39. The molecule has 2 aromatic carbocycles. The summed E-state index contributed by atoms with van der Waals surface area (Å²) in [5.74, 6) is -2.65. The van der Waals surface area contributed by atoms with Crippen LogP contribution in [-0.2, 0) is 31.4 Å². The molecule has 2 aliphatic rings. The van der Waals surface area contributed by atoms with Gasteiger partial charge in [-0.25, -0.2) is 0 Å². The van der Waals surface area contributed by atoms with Crippen LogP contribution in [0, 0.1) is 5.92 Å². The minimum atomic E-state index is -5.07.